The predicted molar refractivity (Wildman–Crippen MR) is 74.6 cm³/mol. The second kappa shape index (κ2) is 11.0. The van der Waals surface area contributed by atoms with Crippen LogP contribution in [-0.2, 0) is 4.74 Å². The number of nitrogens with one attached hydrogen (secondary N) is 1. The molecule has 1 atom stereocenters. The van der Waals surface area contributed by atoms with Gasteiger partial charge in [-0.15, -0.1) is 0 Å². The fraction of sp³-hybridized carbons (Fsp3) is 1.00. The third-order valence-electron chi connectivity index (χ3n) is 2.87. The van der Waals surface area contributed by atoms with Gasteiger partial charge in [0.2, 0.25) is 0 Å². The van der Waals surface area contributed by atoms with Gasteiger partial charge < -0.3 is 19.9 Å². The van der Waals surface area contributed by atoms with Crippen LogP contribution in [0.1, 0.15) is 20.3 Å². The quantitative estimate of drug-likeness (QED) is 0.585. The van der Waals surface area contributed by atoms with E-state index in [-0.39, 0.29) is 0 Å². The summed E-state index contributed by atoms with van der Waals surface area (Å²) in [5.41, 5.74) is 0. The molecule has 0 aromatic rings. The minimum absolute atomic E-state index is 0.448. The summed E-state index contributed by atoms with van der Waals surface area (Å²) >= 11 is 0. The maximum Gasteiger partial charge on any atom is 0.0628 e. The second-order valence-corrected chi connectivity index (χ2v) is 4.76. The summed E-state index contributed by atoms with van der Waals surface area (Å²) in [6.07, 6.45) is 1.23. The van der Waals surface area contributed by atoms with Crippen LogP contribution in [0.25, 0.3) is 0 Å². The van der Waals surface area contributed by atoms with Crippen molar-refractivity contribution in [1.29, 1.82) is 0 Å². The highest BCUT2D eigenvalue weighted by atomic mass is 16.5. The topological polar surface area (TPSA) is 27.7 Å². The first-order valence-corrected chi connectivity index (χ1v) is 6.73. The van der Waals surface area contributed by atoms with Gasteiger partial charge in [0, 0.05) is 19.7 Å². The van der Waals surface area contributed by atoms with Crippen LogP contribution in [-0.4, -0.2) is 76.4 Å². The van der Waals surface area contributed by atoms with Gasteiger partial charge in [-0.2, -0.15) is 0 Å². The van der Waals surface area contributed by atoms with Gasteiger partial charge in [-0.25, -0.2) is 0 Å². The fourth-order valence-corrected chi connectivity index (χ4v) is 1.97. The minimum Gasteiger partial charge on any atom is -0.383 e. The lowest BCUT2D eigenvalue weighted by Crippen LogP contribution is -2.44. The molecule has 0 aromatic carbocycles. The van der Waals surface area contributed by atoms with E-state index in [1.54, 1.807) is 7.11 Å². The third kappa shape index (κ3) is 9.53. The molecule has 0 saturated heterocycles. The molecular formula is C13H31N3O. The Morgan fingerprint density at radius 2 is 1.88 bits per heavy atom. The van der Waals surface area contributed by atoms with Crippen LogP contribution in [0, 0.1) is 0 Å². The van der Waals surface area contributed by atoms with E-state index in [2.05, 4.69) is 43.1 Å². The second-order valence-electron chi connectivity index (χ2n) is 4.76. The first kappa shape index (κ1) is 16.8. The summed E-state index contributed by atoms with van der Waals surface area (Å²) in [6.45, 7) is 10.7. The molecule has 0 saturated carbocycles. The van der Waals surface area contributed by atoms with Gasteiger partial charge in [0.15, 0.2) is 0 Å². The molecular weight excluding hydrogens is 214 g/mol. The van der Waals surface area contributed by atoms with E-state index in [4.69, 9.17) is 4.74 Å². The van der Waals surface area contributed by atoms with Crippen molar-refractivity contribution in [3.8, 4) is 0 Å². The molecule has 0 heterocycles. The zero-order chi connectivity index (χ0) is 13.1. The zero-order valence-electron chi connectivity index (χ0n) is 12.3. The maximum atomic E-state index is 5.25. The number of ether oxygens (including phenoxy) is 1. The molecule has 17 heavy (non-hydrogen) atoms. The van der Waals surface area contributed by atoms with Gasteiger partial charge in [-0.3, -0.25) is 0 Å². The van der Waals surface area contributed by atoms with Crippen molar-refractivity contribution in [1.82, 2.24) is 15.1 Å². The third-order valence-corrected chi connectivity index (χ3v) is 2.87. The lowest BCUT2D eigenvalue weighted by molar-refractivity contribution is 0.139. The van der Waals surface area contributed by atoms with Gasteiger partial charge in [0.25, 0.3) is 0 Å². The molecule has 0 aliphatic heterocycles. The summed E-state index contributed by atoms with van der Waals surface area (Å²) in [7, 11) is 6.03. The standard InChI is InChI=1S/C13H31N3O/c1-6-14-13(12-17-5)11-16(7-2)10-8-9-15(3)4/h13-14H,6-12H2,1-5H3. The largest absolute Gasteiger partial charge is 0.383 e. The fourth-order valence-electron chi connectivity index (χ4n) is 1.97. The Balaban J connectivity index is 3.89. The Labute approximate surface area is 107 Å². The Kier molecular flexibility index (Phi) is 10.9. The van der Waals surface area contributed by atoms with E-state index in [9.17, 15) is 0 Å². The smallest absolute Gasteiger partial charge is 0.0628 e. The molecule has 4 heteroatoms. The lowest BCUT2D eigenvalue weighted by Gasteiger charge is -2.27. The Hall–Kier alpha value is -0.160. The summed E-state index contributed by atoms with van der Waals surface area (Å²) < 4.78 is 5.25. The summed E-state index contributed by atoms with van der Waals surface area (Å²) in [5, 5.41) is 3.47. The highest BCUT2D eigenvalue weighted by Crippen LogP contribution is 1.97. The number of rotatable bonds is 11. The molecule has 0 aliphatic rings. The Bertz CT molecular complexity index is 159. The molecule has 104 valence electrons. The molecule has 0 fully saturated rings. The number of methoxy groups -OCH3 is 1. The molecule has 0 amide bonds. The van der Waals surface area contributed by atoms with E-state index in [1.807, 2.05) is 0 Å². The Morgan fingerprint density at radius 3 is 2.35 bits per heavy atom. The monoisotopic (exact) mass is 245 g/mol. The van der Waals surface area contributed by atoms with Crippen molar-refractivity contribution in [3.63, 3.8) is 0 Å². The predicted octanol–water partition coefficient (Wildman–Crippen LogP) is 0.885. The van der Waals surface area contributed by atoms with Crippen molar-refractivity contribution >= 4 is 0 Å². The lowest BCUT2D eigenvalue weighted by atomic mass is 10.2. The van der Waals surface area contributed by atoms with Crippen LogP contribution in [0.15, 0.2) is 0 Å². The number of hydrogen-bond donors (Lipinski definition) is 1. The molecule has 0 bridgehead atoms. The molecule has 0 spiro atoms. The molecule has 4 nitrogen and oxygen atoms in total. The van der Waals surface area contributed by atoms with E-state index >= 15 is 0 Å². The average molecular weight is 245 g/mol. The summed E-state index contributed by atoms with van der Waals surface area (Å²) in [5.74, 6) is 0. The van der Waals surface area contributed by atoms with Crippen LogP contribution in [0.3, 0.4) is 0 Å². The van der Waals surface area contributed by atoms with Crippen LogP contribution in [0.5, 0.6) is 0 Å². The van der Waals surface area contributed by atoms with Gasteiger partial charge in [0.05, 0.1) is 6.61 Å². The van der Waals surface area contributed by atoms with Crippen LogP contribution in [0.4, 0.5) is 0 Å². The minimum atomic E-state index is 0.448. The van der Waals surface area contributed by atoms with Crippen molar-refractivity contribution in [2.45, 2.75) is 26.3 Å². The van der Waals surface area contributed by atoms with E-state index < -0.39 is 0 Å². The summed E-state index contributed by atoms with van der Waals surface area (Å²) in [6, 6.07) is 0.448. The van der Waals surface area contributed by atoms with Gasteiger partial charge in [-0.05, 0) is 46.7 Å². The molecule has 1 unspecified atom stereocenters. The molecule has 1 N–H and O–H groups in total. The summed E-state index contributed by atoms with van der Waals surface area (Å²) in [4.78, 5) is 4.74. The molecule has 0 rings (SSSR count). The average Bonchev–Trinajstić information content (AvgIpc) is 2.27. The van der Waals surface area contributed by atoms with Gasteiger partial charge in [-0.1, -0.05) is 13.8 Å². The van der Waals surface area contributed by atoms with Crippen LogP contribution in [0.2, 0.25) is 0 Å². The number of nitrogens with zero attached hydrogens (tertiary/aromatic N) is 2. The molecule has 0 aliphatic carbocycles. The van der Waals surface area contributed by atoms with Crippen LogP contribution < -0.4 is 5.32 Å². The molecule has 0 radical (unpaired) electrons. The first-order valence-electron chi connectivity index (χ1n) is 6.73. The normalized spacial score (nSPS) is 13.6. The number of likely N-dealkylation sites (N-methyl/N-ethyl adjacent to an activating group) is 2. The zero-order valence-corrected chi connectivity index (χ0v) is 12.3. The van der Waals surface area contributed by atoms with Crippen molar-refractivity contribution in [2.24, 2.45) is 0 Å². The Morgan fingerprint density at radius 1 is 1.18 bits per heavy atom. The van der Waals surface area contributed by atoms with Gasteiger partial charge in [0.1, 0.15) is 0 Å². The van der Waals surface area contributed by atoms with Gasteiger partial charge >= 0.3 is 0 Å². The first-order chi connectivity index (χ1) is 8.13. The highest BCUT2D eigenvalue weighted by Gasteiger charge is 2.11. The van der Waals surface area contributed by atoms with Crippen LogP contribution >= 0.6 is 0 Å². The van der Waals surface area contributed by atoms with E-state index in [0.717, 1.165) is 32.8 Å². The van der Waals surface area contributed by atoms with Crippen molar-refractivity contribution in [3.05, 3.63) is 0 Å². The van der Waals surface area contributed by atoms with Crippen molar-refractivity contribution < 1.29 is 4.74 Å². The van der Waals surface area contributed by atoms with E-state index in [1.165, 1.54) is 13.0 Å². The maximum absolute atomic E-state index is 5.25. The highest BCUT2D eigenvalue weighted by molar-refractivity contribution is 4.71. The van der Waals surface area contributed by atoms with Crippen molar-refractivity contribution in [2.75, 3.05) is 60.5 Å². The van der Waals surface area contributed by atoms with E-state index in [0.29, 0.717) is 6.04 Å². The molecule has 0 aromatic heterocycles. The SMILES string of the molecule is CCNC(COC)CN(CC)CCCN(C)C. The number of hydrogen-bond acceptors (Lipinski definition) is 4.